The smallest absolute Gasteiger partial charge is 0.306 e. The number of cyclic esters (lactones) is 1. The maximum atomic E-state index is 12.9. The monoisotopic (exact) mass is 485 g/mol. The van der Waals surface area contributed by atoms with E-state index in [9.17, 15) is 4.79 Å². The van der Waals surface area contributed by atoms with Crippen LogP contribution in [0.4, 0.5) is 0 Å². The Labute approximate surface area is 212 Å². The zero-order chi connectivity index (χ0) is 24.8. The van der Waals surface area contributed by atoms with Gasteiger partial charge >= 0.3 is 5.97 Å². The predicted octanol–water partition coefficient (Wildman–Crippen LogP) is 6.40. The van der Waals surface area contributed by atoms with Gasteiger partial charge in [0.25, 0.3) is 0 Å². The van der Waals surface area contributed by atoms with Crippen molar-refractivity contribution < 1.29 is 9.53 Å². The van der Waals surface area contributed by atoms with Gasteiger partial charge in [-0.1, -0.05) is 123 Å². The lowest BCUT2D eigenvalue weighted by molar-refractivity contribution is -0.144. The van der Waals surface area contributed by atoms with Crippen molar-refractivity contribution in [2.45, 2.75) is 70.6 Å². The largest absolute Gasteiger partial charge is 0.461 e. The summed E-state index contributed by atoms with van der Waals surface area (Å²) in [5, 5.41) is 1.40. The summed E-state index contributed by atoms with van der Waals surface area (Å²) < 4.78 is 6.26. The van der Waals surface area contributed by atoms with Crippen LogP contribution in [0.5, 0.6) is 0 Å². The summed E-state index contributed by atoms with van der Waals surface area (Å²) in [5.41, 5.74) is 2.82. The van der Waals surface area contributed by atoms with Crippen molar-refractivity contribution in [3.63, 3.8) is 0 Å². The van der Waals surface area contributed by atoms with E-state index < -0.39 is 8.07 Å². The van der Waals surface area contributed by atoms with Crippen molar-refractivity contribution in [2.24, 2.45) is 5.92 Å². The third kappa shape index (κ3) is 6.30. The predicted molar refractivity (Wildman–Crippen MR) is 147 cm³/mol. The number of benzene rings is 3. The molecule has 3 aromatic carbocycles. The van der Waals surface area contributed by atoms with Gasteiger partial charge in [-0.3, -0.25) is 9.69 Å². The zero-order valence-electron chi connectivity index (χ0n) is 21.6. The molecular formula is C31H39NO2Si. The summed E-state index contributed by atoms with van der Waals surface area (Å²) in [5.74, 6) is 0.458. The minimum absolute atomic E-state index is 0.0374. The van der Waals surface area contributed by atoms with Crippen LogP contribution in [0.25, 0.3) is 0 Å². The molecule has 0 radical (unpaired) electrons. The number of carbonyl (C=O) groups is 1. The van der Waals surface area contributed by atoms with E-state index in [0.29, 0.717) is 12.3 Å². The molecule has 3 atom stereocenters. The normalized spacial score (nSPS) is 19.2. The maximum Gasteiger partial charge on any atom is 0.306 e. The van der Waals surface area contributed by atoms with Crippen LogP contribution in [0.1, 0.15) is 37.8 Å². The number of hydrogen-bond donors (Lipinski definition) is 0. The molecule has 4 heteroatoms. The van der Waals surface area contributed by atoms with E-state index in [1.54, 1.807) is 0 Å². The molecule has 184 valence electrons. The topological polar surface area (TPSA) is 29.5 Å². The van der Waals surface area contributed by atoms with Crippen LogP contribution in [0.3, 0.4) is 0 Å². The summed E-state index contributed by atoms with van der Waals surface area (Å²) in [6, 6.07) is 32.3. The second-order valence-corrected chi connectivity index (χ2v) is 15.7. The van der Waals surface area contributed by atoms with Gasteiger partial charge in [0.05, 0.1) is 8.07 Å². The molecule has 3 nitrogen and oxygen atoms in total. The first-order valence-electron chi connectivity index (χ1n) is 12.9. The first kappa shape index (κ1) is 25.4. The van der Waals surface area contributed by atoms with Crippen LogP contribution in [-0.2, 0) is 22.6 Å². The van der Waals surface area contributed by atoms with Gasteiger partial charge in [-0.15, -0.1) is 0 Å². The highest BCUT2D eigenvalue weighted by Gasteiger charge is 2.50. The standard InChI is InChI=1S/C31H39NO2Si/c1-24(2)20-28(31-29(21-30(33)34-31)35(3,4)27-18-12-7-13-19-27)32(22-25-14-8-5-9-15-25)23-26-16-10-6-11-17-26/h5-19,24,28-29,31H,20-23H2,1-4H3/t28-,29-,31+/m0/s1. The third-order valence-electron chi connectivity index (χ3n) is 7.51. The van der Waals surface area contributed by atoms with Crippen LogP contribution in [-0.4, -0.2) is 31.1 Å². The van der Waals surface area contributed by atoms with Gasteiger partial charge < -0.3 is 4.74 Å². The summed E-state index contributed by atoms with van der Waals surface area (Å²) >= 11 is 0. The Morgan fingerprint density at radius 1 is 0.829 bits per heavy atom. The molecule has 4 rings (SSSR count). The van der Waals surface area contributed by atoms with Crippen molar-refractivity contribution in [1.29, 1.82) is 0 Å². The molecule has 0 spiro atoms. The number of hydrogen-bond acceptors (Lipinski definition) is 3. The Kier molecular flexibility index (Phi) is 8.25. The SMILES string of the molecule is CC(C)C[C@@H]([C@H]1OC(=O)C[C@@H]1[Si](C)(C)c1ccccc1)N(Cc1ccccc1)Cc1ccccc1. The molecule has 35 heavy (non-hydrogen) atoms. The lowest BCUT2D eigenvalue weighted by atomic mass is 9.94. The molecule has 0 amide bonds. The van der Waals surface area contributed by atoms with Crippen LogP contribution >= 0.6 is 0 Å². The first-order valence-corrected chi connectivity index (χ1v) is 16.0. The molecule has 1 saturated heterocycles. The number of rotatable bonds is 10. The lowest BCUT2D eigenvalue weighted by Crippen LogP contribution is -2.54. The molecule has 3 aromatic rings. The second-order valence-electron chi connectivity index (χ2n) is 10.9. The number of ether oxygens (including phenoxy) is 1. The van der Waals surface area contributed by atoms with E-state index in [0.717, 1.165) is 19.5 Å². The molecule has 0 unspecified atom stereocenters. The van der Waals surface area contributed by atoms with Crippen molar-refractivity contribution in [1.82, 2.24) is 4.90 Å². The summed E-state index contributed by atoms with van der Waals surface area (Å²) in [6.07, 6.45) is 1.42. The van der Waals surface area contributed by atoms with Crippen molar-refractivity contribution in [2.75, 3.05) is 0 Å². The van der Waals surface area contributed by atoms with E-state index in [1.807, 2.05) is 0 Å². The van der Waals surface area contributed by atoms with Gasteiger partial charge in [-0.2, -0.15) is 0 Å². The maximum absolute atomic E-state index is 12.9. The zero-order valence-corrected chi connectivity index (χ0v) is 22.6. The average Bonchev–Trinajstić information content (AvgIpc) is 3.26. The fraction of sp³-hybridized carbons (Fsp3) is 0.387. The van der Waals surface area contributed by atoms with Gasteiger partial charge in [-0.25, -0.2) is 0 Å². The minimum atomic E-state index is -1.97. The van der Waals surface area contributed by atoms with Crippen LogP contribution < -0.4 is 5.19 Å². The summed E-state index contributed by atoms with van der Waals surface area (Å²) in [7, 11) is -1.97. The van der Waals surface area contributed by atoms with Crippen LogP contribution in [0, 0.1) is 5.92 Å². The number of carbonyl (C=O) groups excluding carboxylic acids is 1. The molecule has 0 bridgehead atoms. The Morgan fingerprint density at radius 2 is 1.31 bits per heavy atom. The fourth-order valence-electron chi connectivity index (χ4n) is 5.57. The first-order chi connectivity index (χ1) is 16.8. The fourth-order valence-corrected chi connectivity index (χ4v) is 8.84. The quantitative estimate of drug-likeness (QED) is 0.246. The molecule has 1 aliphatic rings. The Morgan fingerprint density at radius 3 is 1.80 bits per heavy atom. The van der Waals surface area contributed by atoms with Crippen molar-refractivity contribution >= 4 is 19.2 Å². The van der Waals surface area contributed by atoms with E-state index in [-0.39, 0.29) is 23.7 Å². The molecule has 0 aromatic heterocycles. The highest BCUT2D eigenvalue weighted by Crippen LogP contribution is 2.41. The Balaban J connectivity index is 1.72. The molecular weight excluding hydrogens is 446 g/mol. The number of esters is 1. The van der Waals surface area contributed by atoms with Crippen LogP contribution in [0.15, 0.2) is 91.0 Å². The summed E-state index contributed by atoms with van der Waals surface area (Å²) in [6.45, 7) is 11.0. The Hall–Kier alpha value is -2.69. The highest BCUT2D eigenvalue weighted by atomic mass is 28.3. The molecule has 0 N–H and O–H groups in total. The van der Waals surface area contributed by atoms with Gasteiger partial charge in [-0.05, 0) is 23.5 Å². The van der Waals surface area contributed by atoms with Gasteiger partial charge in [0, 0.05) is 31.1 Å². The summed E-state index contributed by atoms with van der Waals surface area (Å²) in [4.78, 5) is 15.4. The van der Waals surface area contributed by atoms with E-state index in [2.05, 4.69) is 123 Å². The molecule has 1 aliphatic heterocycles. The number of nitrogens with zero attached hydrogens (tertiary/aromatic N) is 1. The van der Waals surface area contributed by atoms with E-state index in [1.165, 1.54) is 16.3 Å². The van der Waals surface area contributed by atoms with Crippen molar-refractivity contribution in [3.05, 3.63) is 102 Å². The lowest BCUT2D eigenvalue weighted by Gasteiger charge is -2.41. The van der Waals surface area contributed by atoms with Crippen LogP contribution in [0.2, 0.25) is 18.6 Å². The molecule has 0 saturated carbocycles. The second kappa shape index (κ2) is 11.4. The molecule has 1 fully saturated rings. The van der Waals surface area contributed by atoms with Gasteiger partial charge in [0.15, 0.2) is 0 Å². The van der Waals surface area contributed by atoms with Gasteiger partial charge in [0.1, 0.15) is 6.10 Å². The van der Waals surface area contributed by atoms with Gasteiger partial charge in [0.2, 0.25) is 0 Å². The molecule has 0 aliphatic carbocycles. The Bertz CT molecular complexity index is 1030. The third-order valence-corrected chi connectivity index (χ3v) is 11.7. The highest BCUT2D eigenvalue weighted by molar-refractivity contribution is 6.91. The van der Waals surface area contributed by atoms with E-state index in [4.69, 9.17) is 4.74 Å². The minimum Gasteiger partial charge on any atom is -0.461 e. The van der Waals surface area contributed by atoms with Crippen molar-refractivity contribution in [3.8, 4) is 0 Å². The van der Waals surface area contributed by atoms with E-state index >= 15 is 0 Å². The average molecular weight is 486 g/mol. The molecule has 1 heterocycles.